The molecule has 2 aromatic carbocycles. The van der Waals surface area contributed by atoms with Gasteiger partial charge in [0.15, 0.2) is 5.78 Å². The minimum absolute atomic E-state index is 0.0713. The molecule has 4 nitrogen and oxygen atoms in total. The van der Waals surface area contributed by atoms with Crippen LogP contribution in [0.25, 0.3) is 0 Å². The number of nitrogens with one attached hydrogen (secondary N) is 1. The van der Waals surface area contributed by atoms with Crippen molar-refractivity contribution >= 4 is 17.4 Å². The molecule has 25 heavy (non-hydrogen) atoms. The van der Waals surface area contributed by atoms with E-state index in [1.54, 1.807) is 12.1 Å². The summed E-state index contributed by atoms with van der Waals surface area (Å²) in [5, 5.41) is 2.84. The lowest BCUT2D eigenvalue weighted by Crippen LogP contribution is -2.12. The van der Waals surface area contributed by atoms with Gasteiger partial charge < -0.3 is 10.1 Å². The van der Waals surface area contributed by atoms with Crippen LogP contribution in [0.5, 0.6) is 5.75 Å². The third-order valence-electron chi connectivity index (χ3n) is 3.81. The van der Waals surface area contributed by atoms with E-state index < -0.39 is 0 Å². The fourth-order valence-electron chi connectivity index (χ4n) is 2.37. The Hall–Kier alpha value is -2.62. The molecule has 0 aliphatic rings. The number of unbranched alkanes of at least 4 members (excludes halogenated alkanes) is 1. The van der Waals surface area contributed by atoms with E-state index in [0.717, 1.165) is 24.3 Å². The molecule has 0 spiro atoms. The molecule has 0 bridgehead atoms. The number of hydrogen-bond acceptors (Lipinski definition) is 3. The van der Waals surface area contributed by atoms with Gasteiger partial charge in [-0.1, -0.05) is 43.7 Å². The Morgan fingerprint density at radius 1 is 0.920 bits per heavy atom. The summed E-state index contributed by atoms with van der Waals surface area (Å²) >= 11 is 0. The predicted octanol–water partition coefficient (Wildman–Crippen LogP) is 4.86. The second-order valence-corrected chi connectivity index (χ2v) is 5.92. The first-order valence-electron chi connectivity index (χ1n) is 8.80. The molecule has 2 rings (SSSR count). The first-order valence-corrected chi connectivity index (χ1v) is 8.80. The van der Waals surface area contributed by atoms with Crippen LogP contribution >= 0.6 is 0 Å². The third-order valence-corrected chi connectivity index (χ3v) is 3.81. The van der Waals surface area contributed by atoms with Crippen LogP contribution in [-0.4, -0.2) is 18.3 Å². The van der Waals surface area contributed by atoms with Crippen LogP contribution in [0, 0.1) is 0 Å². The quantitative estimate of drug-likeness (QED) is 0.497. The summed E-state index contributed by atoms with van der Waals surface area (Å²) in [7, 11) is 0. The van der Waals surface area contributed by atoms with Gasteiger partial charge >= 0.3 is 0 Å². The molecule has 0 atom stereocenters. The molecule has 4 heteroatoms. The van der Waals surface area contributed by atoms with Crippen LogP contribution in [0.3, 0.4) is 0 Å². The van der Waals surface area contributed by atoms with Crippen LogP contribution in [-0.2, 0) is 4.79 Å². The third kappa shape index (κ3) is 6.79. The summed E-state index contributed by atoms with van der Waals surface area (Å²) in [6, 6.07) is 16.5. The number of ketones is 1. The van der Waals surface area contributed by atoms with Crippen molar-refractivity contribution in [2.24, 2.45) is 0 Å². The molecule has 0 saturated heterocycles. The molecule has 0 aliphatic heterocycles. The number of carbonyl (C=O) groups is 2. The standard InChI is InChI=1S/C21H25NO3/c1-2-3-16-25-19-14-12-18(13-15-19)22-21(24)11-7-10-20(23)17-8-5-4-6-9-17/h4-6,8-9,12-15H,2-3,7,10-11,16H2,1H3,(H,22,24). The van der Waals surface area contributed by atoms with Crippen LogP contribution in [0.4, 0.5) is 5.69 Å². The highest BCUT2D eigenvalue weighted by Crippen LogP contribution is 2.16. The minimum atomic E-state index is -0.0829. The van der Waals surface area contributed by atoms with E-state index in [2.05, 4.69) is 12.2 Å². The smallest absolute Gasteiger partial charge is 0.224 e. The van der Waals surface area contributed by atoms with Crippen LogP contribution < -0.4 is 10.1 Å². The van der Waals surface area contributed by atoms with E-state index in [9.17, 15) is 9.59 Å². The van der Waals surface area contributed by atoms with Gasteiger partial charge in [-0.05, 0) is 37.1 Å². The largest absolute Gasteiger partial charge is 0.494 e. The first-order chi connectivity index (χ1) is 12.2. The number of carbonyl (C=O) groups excluding carboxylic acids is 2. The van der Waals surface area contributed by atoms with E-state index in [1.165, 1.54) is 0 Å². The van der Waals surface area contributed by atoms with Crippen molar-refractivity contribution in [3.05, 3.63) is 60.2 Å². The van der Waals surface area contributed by atoms with Crippen molar-refractivity contribution in [3.63, 3.8) is 0 Å². The summed E-state index contributed by atoms with van der Waals surface area (Å²) in [4.78, 5) is 24.0. The Kier molecular flexibility index (Phi) is 7.70. The molecule has 0 aromatic heterocycles. The average Bonchev–Trinajstić information content (AvgIpc) is 2.64. The van der Waals surface area contributed by atoms with Gasteiger partial charge in [-0.25, -0.2) is 0 Å². The lowest BCUT2D eigenvalue weighted by Gasteiger charge is -2.08. The van der Waals surface area contributed by atoms with Gasteiger partial charge in [-0.3, -0.25) is 9.59 Å². The van der Waals surface area contributed by atoms with Crippen LogP contribution in [0.1, 0.15) is 49.4 Å². The number of benzene rings is 2. The summed E-state index contributed by atoms with van der Waals surface area (Å²) < 4.78 is 5.59. The van der Waals surface area contributed by atoms with E-state index >= 15 is 0 Å². The molecule has 0 aliphatic carbocycles. The Labute approximate surface area is 149 Å². The fraction of sp³-hybridized carbons (Fsp3) is 0.333. The zero-order valence-corrected chi connectivity index (χ0v) is 14.7. The lowest BCUT2D eigenvalue weighted by atomic mass is 10.1. The van der Waals surface area contributed by atoms with Gasteiger partial charge in [0, 0.05) is 24.1 Å². The maximum atomic E-state index is 12.0. The zero-order valence-electron chi connectivity index (χ0n) is 14.7. The second-order valence-electron chi connectivity index (χ2n) is 5.92. The molecule has 132 valence electrons. The fourth-order valence-corrected chi connectivity index (χ4v) is 2.37. The molecule has 0 radical (unpaired) electrons. The SMILES string of the molecule is CCCCOc1ccc(NC(=O)CCCC(=O)c2ccccc2)cc1. The van der Waals surface area contributed by atoms with E-state index in [0.29, 0.717) is 31.4 Å². The summed E-state index contributed by atoms with van der Waals surface area (Å²) in [5.41, 5.74) is 1.43. The molecular formula is C21H25NO3. The van der Waals surface area contributed by atoms with Crippen molar-refractivity contribution in [1.29, 1.82) is 0 Å². The topological polar surface area (TPSA) is 55.4 Å². The normalized spacial score (nSPS) is 10.3. The van der Waals surface area contributed by atoms with Crippen LogP contribution in [0.15, 0.2) is 54.6 Å². The Morgan fingerprint density at radius 3 is 2.32 bits per heavy atom. The van der Waals surface area contributed by atoms with Crippen molar-refractivity contribution in [1.82, 2.24) is 0 Å². The maximum absolute atomic E-state index is 12.0. The number of Topliss-reactive ketones (excluding diaryl/α,β-unsaturated/α-hetero) is 1. The van der Waals surface area contributed by atoms with Crippen molar-refractivity contribution in [3.8, 4) is 5.75 Å². The Balaban J connectivity index is 1.70. The molecule has 1 amide bonds. The van der Waals surface area contributed by atoms with Gasteiger partial charge in [0.25, 0.3) is 0 Å². The molecule has 0 unspecified atom stereocenters. The minimum Gasteiger partial charge on any atom is -0.494 e. The average molecular weight is 339 g/mol. The van der Waals surface area contributed by atoms with Crippen molar-refractivity contribution in [2.45, 2.75) is 39.0 Å². The number of ether oxygens (including phenoxy) is 1. The predicted molar refractivity (Wildman–Crippen MR) is 100 cm³/mol. The molecular weight excluding hydrogens is 314 g/mol. The molecule has 1 N–H and O–H groups in total. The summed E-state index contributed by atoms with van der Waals surface area (Å²) in [6.07, 6.45) is 3.37. The van der Waals surface area contributed by atoms with E-state index in [4.69, 9.17) is 4.74 Å². The van der Waals surface area contributed by atoms with E-state index in [1.807, 2.05) is 42.5 Å². The van der Waals surface area contributed by atoms with Crippen molar-refractivity contribution in [2.75, 3.05) is 11.9 Å². The highest BCUT2D eigenvalue weighted by molar-refractivity contribution is 5.96. The number of rotatable bonds is 10. The summed E-state index contributed by atoms with van der Waals surface area (Å²) in [5.74, 6) is 0.794. The first kappa shape index (κ1) is 18.7. The highest BCUT2D eigenvalue weighted by Gasteiger charge is 2.07. The maximum Gasteiger partial charge on any atom is 0.224 e. The Morgan fingerprint density at radius 2 is 1.64 bits per heavy atom. The summed E-state index contributed by atoms with van der Waals surface area (Å²) in [6.45, 7) is 2.83. The number of anilines is 1. The van der Waals surface area contributed by atoms with Gasteiger partial charge in [0.05, 0.1) is 6.61 Å². The van der Waals surface area contributed by atoms with Gasteiger partial charge in [0.1, 0.15) is 5.75 Å². The molecule has 2 aromatic rings. The number of hydrogen-bond donors (Lipinski definition) is 1. The van der Waals surface area contributed by atoms with Gasteiger partial charge in [-0.15, -0.1) is 0 Å². The van der Waals surface area contributed by atoms with Gasteiger partial charge in [0.2, 0.25) is 5.91 Å². The highest BCUT2D eigenvalue weighted by atomic mass is 16.5. The molecule has 0 saturated carbocycles. The molecule has 0 heterocycles. The number of amides is 1. The second kappa shape index (κ2) is 10.3. The van der Waals surface area contributed by atoms with Gasteiger partial charge in [-0.2, -0.15) is 0 Å². The van der Waals surface area contributed by atoms with Crippen LogP contribution in [0.2, 0.25) is 0 Å². The van der Waals surface area contributed by atoms with Crippen molar-refractivity contribution < 1.29 is 14.3 Å². The van der Waals surface area contributed by atoms with E-state index in [-0.39, 0.29) is 11.7 Å². The monoisotopic (exact) mass is 339 g/mol. The zero-order chi connectivity index (χ0) is 17.9. The molecule has 0 fully saturated rings. The Bertz CT molecular complexity index is 665. The lowest BCUT2D eigenvalue weighted by molar-refractivity contribution is -0.116.